The first kappa shape index (κ1) is 16.6. The average molecular weight is 335 g/mol. The maximum atomic E-state index is 13.9. The lowest BCUT2D eigenvalue weighted by Crippen LogP contribution is -2.15. The Morgan fingerprint density at radius 2 is 1.84 bits per heavy atom. The molecule has 0 aliphatic carbocycles. The maximum Gasteiger partial charge on any atom is 0.146 e. The molecule has 0 aliphatic heterocycles. The molecule has 108 valence electrons. The van der Waals surface area contributed by atoms with E-state index in [4.69, 9.17) is 0 Å². The van der Waals surface area contributed by atoms with Crippen LogP contribution in [0.25, 0.3) is 0 Å². The molecule has 0 saturated heterocycles. The molecule has 1 rings (SSSR count). The average Bonchev–Trinajstić information content (AvgIpc) is 2.21. The number of hydrogen-bond acceptors (Lipinski definition) is 1. The Morgan fingerprint density at radius 1 is 1.26 bits per heavy atom. The van der Waals surface area contributed by atoms with Gasteiger partial charge < -0.3 is 5.11 Å². The van der Waals surface area contributed by atoms with Crippen LogP contribution in [0.5, 0.6) is 0 Å². The minimum absolute atomic E-state index is 0.132. The molecular weight excluding hydrogens is 314 g/mol. The van der Waals surface area contributed by atoms with Gasteiger partial charge in [-0.1, -0.05) is 27.7 Å². The van der Waals surface area contributed by atoms with Crippen LogP contribution in [-0.4, -0.2) is 5.11 Å². The van der Waals surface area contributed by atoms with Crippen LogP contribution in [0.3, 0.4) is 0 Å². The molecule has 2 unspecified atom stereocenters. The zero-order valence-electron chi connectivity index (χ0n) is 11.8. The summed E-state index contributed by atoms with van der Waals surface area (Å²) in [7, 11) is 0. The molecule has 0 aromatic heterocycles. The van der Waals surface area contributed by atoms with Crippen LogP contribution in [0.15, 0.2) is 16.6 Å². The predicted octanol–water partition coefficient (Wildman–Crippen LogP) is 5.22. The minimum atomic E-state index is -1.12. The van der Waals surface area contributed by atoms with Crippen molar-refractivity contribution in [2.24, 2.45) is 11.3 Å². The van der Waals surface area contributed by atoms with Crippen molar-refractivity contribution in [1.82, 2.24) is 0 Å². The van der Waals surface area contributed by atoms with E-state index in [9.17, 15) is 13.9 Å². The number of halogens is 3. The summed E-state index contributed by atoms with van der Waals surface area (Å²) in [6, 6.07) is 2.47. The number of aliphatic hydroxyl groups excluding tert-OH is 1. The molecule has 1 N–H and O–H groups in total. The molecule has 1 nitrogen and oxygen atoms in total. The molecule has 1 aromatic rings. The first-order valence-corrected chi connectivity index (χ1v) is 7.22. The van der Waals surface area contributed by atoms with Crippen LogP contribution in [0.1, 0.15) is 52.2 Å². The first-order chi connectivity index (χ1) is 8.61. The van der Waals surface area contributed by atoms with E-state index in [1.54, 1.807) is 0 Å². The molecule has 0 spiro atoms. The molecule has 4 heteroatoms. The highest BCUT2D eigenvalue weighted by atomic mass is 79.9. The fraction of sp³-hybridized carbons (Fsp3) is 0.600. The molecular formula is C15H21BrF2O. The van der Waals surface area contributed by atoms with Gasteiger partial charge in [0.05, 0.1) is 16.1 Å². The van der Waals surface area contributed by atoms with Gasteiger partial charge in [0.15, 0.2) is 0 Å². The topological polar surface area (TPSA) is 20.2 Å². The van der Waals surface area contributed by atoms with Gasteiger partial charge in [0.25, 0.3) is 0 Å². The smallest absolute Gasteiger partial charge is 0.146 e. The van der Waals surface area contributed by atoms with E-state index in [0.717, 1.165) is 6.42 Å². The zero-order chi connectivity index (χ0) is 14.8. The molecule has 19 heavy (non-hydrogen) atoms. The van der Waals surface area contributed by atoms with Gasteiger partial charge in [-0.3, -0.25) is 0 Å². The Labute approximate surface area is 122 Å². The Balaban J connectivity index is 2.84. The van der Waals surface area contributed by atoms with E-state index in [-0.39, 0.29) is 21.4 Å². The lowest BCUT2D eigenvalue weighted by atomic mass is 9.82. The minimum Gasteiger partial charge on any atom is -0.388 e. The summed E-state index contributed by atoms with van der Waals surface area (Å²) in [6.45, 7) is 8.31. The standard InChI is InChI=1S/C15H21BrF2O/c1-9(8-15(2,3)4)7-12(19)13-11(17)6-5-10(16)14(13)18/h5-6,9,12,19H,7-8H2,1-4H3. The van der Waals surface area contributed by atoms with Crippen molar-refractivity contribution in [3.05, 3.63) is 33.8 Å². The molecule has 0 heterocycles. The monoisotopic (exact) mass is 334 g/mol. The molecule has 0 saturated carbocycles. The highest BCUT2D eigenvalue weighted by Gasteiger charge is 2.24. The molecule has 1 aromatic carbocycles. The molecule has 0 radical (unpaired) electrons. The predicted molar refractivity (Wildman–Crippen MR) is 76.9 cm³/mol. The van der Waals surface area contributed by atoms with Gasteiger partial charge in [-0.25, -0.2) is 8.78 Å². The Hall–Kier alpha value is -0.480. The van der Waals surface area contributed by atoms with Crippen LogP contribution in [0, 0.1) is 23.0 Å². The summed E-state index contributed by atoms with van der Waals surface area (Å²) in [5.41, 5.74) is -0.108. The van der Waals surface area contributed by atoms with Gasteiger partial charge in [-0.15, -0.1) is 0 Å². The van der Waals surface area contributed by atoms with Crippen LogP contribution >= 0.6 is 15.9 Å². The quantitative estimate of drug-likeness (QED) is 0.748. The largest absolute Gasteiger partial charge is 0.388 e. The Bertz CT molecular complexity index is 441. The third kappa shape index (κ3) is 4.84. The summed E-state index contributed by atoms with van der Waals surface area (Å²) >= 11 is 3.01. The van der Waals surface area contributed by atoms with Gasteiger partial charge in [-0.2, -0.15) is 0 Å². The van der Waals surface area contributed by atoms with Gasteiger partial charge in [0.2, 0.25) is 0 Å². The third-order valence-electron chi connectivity index (χ3n) is 3.00. The summed E-state index contributed by atoms with van der Waals surface area (Å²) in [6.07, 6.45) is 0.123. The van der Waals surface area contributed by atoms with E-state index in [2.05, 4.69) is 36.7 Å². The summed E-state index contributed by atoms with van der Waals surface area (Å²) in [4.78, 5) is 0. The molecule has 0 aliphatic rings. The number of rotatable bonds is 4. The lowest BCUT2D eigenvalue weighted by molar-refractivity contribution is 0.126. The molecule has 0 fully saturated rings. The lowest BCUT2D eigenvalue weighted by Gasteiger charge is -2.25. The van der Waals surface area contributed by atoms with Crippen LogP contribution in [0.4, 0.5) is 8.78 Å². The summed E-state index contributed by atoms with van der Waals surface area (Å²) < 4.78 is 27.7. The zero-order valence-corrected chi connectivity index (χ0v) is 13.4. The second-order valence-electron chi connectivity index (χ2n) is 6.38. The second-order valence-corrected chi connectivity index (χ2v) is 7.23. The summed E-state index contributed by atoms with van der Waals surface area (Å²) in [5, 5.41) is 10.1. The number of hydrogen-bond donors (Lipinski definition) is 1. The molecule has 2 atom stereocenters. The van der Waals surface area contributed by atoms with Gasteiger partial charge in [-0.05, 0) is 52.2 Å². The van der Waals surface area contributed by atoms with Gasteiger partial charge >= 0.3 is 0 Å². The van der Waals surface area contributed by atoms with Crippen LogP contribution in [-0.2, 0) is 0 Å². The van der Waals surface area contributed by atoms with Crippen LogP contribution in [0.2, 0.25) is 0 Å². The molecule has 0 bridgehead atoms. The normalized spacial score (nSPS) is 15.4. The first-order valence-electron chi connectivity index (χ1n) is 6.43. The third-order valence-corrected chi connectivity index (χ3v) is 3.61. The summed E-state index contributed by atoms with van der Waals surface area (Å²) in [5.74, 6) is -1.22. The fourth-order valence-electron chi connectivity index (χ4n) is 2.48. The van der Waals surface area contributed by atoms with Crippen molar-refractivity contribution in [2.75, 3.05) is 0 Å². The highest BCUT2D eigenvalue weighted by Crippen LogP contribution is 2.33. The Kier molecular flexibility index (Phi) is 5.51. The van der Waals surface area contributed by atoms with Crippen LogP contribution < -0.4 is 0 Å². The van der Waals surface area contributed by atoms with Crippen molar-refractivity contribution >= 4 is 15.9 Å². The molecule has 0 amide bonds. The van der Waals surface area contributed by atoms with Crippen molar-refractivity contribution in [3.63, 3.8) is 0 Å². The van der Waals surface area contributed by atoms with Crippen molar-refractivity contribution in [3.8, 4) is 0 Å². The van der Waals surface area contributed by atoms with Crippen molar-refractivity contribution in [2.45, 2.75) is 46.6 Å². The van der Waals surface area contributed by atoms with Crippen molar-refractivity contribution in [1.29, 1.82) is 0 Å². The van der Waals surface area contributed by atoms with E-state index in [1.165, 1.54) is 12.1 Å². The SMILES string of the molecule is CC(CC(O)c1c(F)ccc(Br)c1F)CC(C)(C)C. The second kappa shape index (κ2) is 6.31. The van der Waals surface area contributed by atoms with E-state index in [0.29, 0.717) is 6.42 Å². The fourth-order valence-corrected chi connectivity index (χ4v) is 2.82. The highest BCUT2D eigenvalue weighted by molar-refractivity contribution is 9.10. The van der Waals surface area contributed by atoms with E-state index >= 15 is 0 Å². The Morgan fingerprint density at radius 3 is 2.37 bits per heavy atom. The van der Waals surface area contributed by atoms with E-state index < -0.39 is 17.7 Å². The van der Waals surface area contributed by atoms with Gasteiger partial charge in [0, 0.05) is 0 Å². The van der Waals surface area contributed by atoms with Gasteiger partial charge in [0.1, 0.15) is 11.6 Å². The maximum absolute atomic E-state index is 13.9. The van der Waals surface area contributed by atoms with E-state index in [1.807, 2.05) is 6.92 Å². The number of benzene rings is 1. The van der Waals surface area contributed by atoms with Crippen molar-refractivity contribution < 1.29 is 13.9 Å². The number of aliphatic hydroxyl groups is 1.